The summed E-state index contributed by atoms with van der Waals surface area (Å²) in [5.74, 6) is 1.74. The van der Waals surface area contributed by atoms with Gasteiger partial charge in [-0.1, -0.05) is 91.9 Å². The monoisotopic (exact) mass is 423 g/mol. The minimum atomic E-state index is -0.0246. The van der Waals surface area contributed by atoms with E-state index in [4.69, 9.17) is 4.74 Å². The van der Waals surface area contributed by atoms with E-state index in [0.717, 1.165) is 61.6 Å². The molecule has 0 saturated heterocycles. The molecule has 0 aliphatic rings. The van der Waals surface area contributed by atoms with Crippen molar-refractivity contribution in [2.45, 2.75) is 143 Å². The lowest BCUT2D eigenvalue weighted by Crippen LogP contribution is -2.27. The summed E-state index contributed by atoms with van der Waals surface area (Å²) in [6.07, 6.45) is 18.3. The Hall–Kier alpha value is -0.700. The average molecular weight is 424 g/mol. The molecule has 178 valence electrons. The van der Waals surface area contributed by atoms with Crippen LogP contribution < -0.4 is 0 Å². The molecule has 0 aromatic heterocycles. The van der Waals surface area contributed by atoms with E-state index in [-0.39, 0.29) is 5.60 Å². The van der Waals surface area contributed by atoms with Gasteiger partial charge in [-0.15, -0.1) is 4.91 Å². The van der Waals surface area contributed by atoms with E-state index in [2.05, 4.69) is 39.8 Å². The fourth-order valence-electron chi connectivity index (χ4n) is 4.20. The first-order valence-corrected chi connectivity index (χ1v) is 12.8. The van der Waals surface area contributed by atoms with Crippen molar-refractivity contribution in [3.8, 4) is 0 Å². The third-order valence-electron chi connectivity index (χ3n) is 6.88. The zero-order valence-corrected chi connectivity index (χ0v) is 21.5. The molecule has 0 radical (unpaired) electrons. The second-order valence-corrected chi connectivity index (χ2v) is 10.3. The van der Waals surface area contributed by atoms with Crippen molar-refractivity contribution in [2.75, 3.05) is 7.11 Å². The molecule has 0 saturated carbocycles. The van der Waals surface area contributed by atoms with E-state index < -0.39 is 0 Å². The van der Waals surface area contributed by atoms with Crippen LogP contribution in [0.2, 0.25) is 0 Å². The number of allylic oxidation sites excluding steroid dienone is 2. The van der Waals surface area contributed by atoms with Crippen LogP contribution in [0.5, 0.6) is 0 Å². The second-order valence-electron chi connectivity index (χ2n) is 10.3. The zero-order valence-electron chi connectivity index (χ0n) is 21.5. The Morgan fingerprint density at radius 3 is 2.00 bits per heavy atom. The Morgan fingerprint density at radius 1 is 0.867 bits per heavy atom. The molecule has 0 rings (SSSR count). The van der Waals surface area contributed by atoms with Gasteiger partial charge in [0.1, 0.15) is 0 Å². The summed E-state index contributed by atoms with van der Waals surface area (Å²) < 4.78 is 5.86. The number of nitroso groups, excluding NO2 is 1. The van der Waals surface area contributed by atoms with Gasteiger partial charge in [-0.3, -0.25) is 0 Å². The highest BCUT2D eigenvalue weighted by molar-refractivity contribution is 5.09. The van der Waals surface area contributed by atoms with Gasteiger partial charge < -0.3 is 4.74 Å². The van der Waals surface area contributed by atoms with E-state index in [0.29, 0.717) is 0 Å². The number of methoxy groups -OCH3 is 1. The maximum atomic E-state index is 11.0. The molecule has 0 bridgehead atoms. The lowest BCUT2D eigenvalue weighted by Gasteiger charge is -2.28. The van der Waals surface area contributed by atoms with Crippen molar-refractivity contribution in [1.82, 2.24) is 0 Å². The SMILES string of the molecule is CC/C(C)=C(\CCCC[C@@](C)(CCCCCCC[C@H](C)CCCC(C)C)OC)N=O. The maximum Gasteiger partial charge on any atom is 0.0838 e. The van der Waals surface area contributed by atoms with Crippen LogP contribution in [0.15, 0.2) is 16.4 Å². The smallest absolute Gasteiger partial charge is 0.0838 e. The summed E-state index contributed by atoms with van der Waals surface area (Å²) >= 11 is 0. The molecule has 30 heavy (non-hydrogen) atoms. The summed E-state index contributed by atoms with van der Waals surface area (Å²) in [5.41, 5.74) is 1.86. The molecule has 0 heterocycles. The first kappa shape index (κ1) is 29.3. The third kappa shape index (κ3) is 15.2. The number of hydrogen-bond acceptors (Lipinski definition) is 3. The van der Waals surface area contributed by atoms with Gasteiger partial charge in [-0.05, 0) is 68.5 Å². The van der Waals surface area contributed by atoms with Gasteiger partial charge in [0.2, 0.25) is 0 Å². The van der Waals surface area contributed by atoms with Gasteiger partial charge in [0.05, 0.1) is 11.3 Å². The molecule has 0 amide bonds. The second kappa shape index (κ2) is 17.9. The number of ether oxygens (including phenoxy) is 1. The average Bonchev–Trinajstić information content (AvgIpc) is 2.72. The molecule has 0 aliphatic heterocycles. The van der Waals surface area contributed by atoms with Gasteiger partial charge in [0.25, 0.3) is 0 Å². The van der Waals surface area contributed by atoms with E-state index in [1.165, 1.54) is 57.8 Å². The molecule has 3 heteroatoms. The highest BCUT2D eigenvalue weighted by atomic mass is 16.5. The van der Waals surface area contributed by atoms with Gasteiger partial charge in [0, 0.05) is 7.11 Å². The van der Waals surface area contributed by atoms with Crippen LogP contribution in [0.4, 0.5) is 0 Å². The van der Waals surface area contributed by atoms with Gasteiger partial charge in [0.15, 0.2) is 0 Å². The molecular formula is C27H53NO2. The lowest BCUT2D eigenvalue weighted by molar-refractivity contribution is -0.0119. The molecule has 0 aliphatic carbocycles. The summed E-state index contributed by atoms with van der Waals surface area (Å²) in [5, 5.41) is 3.23. The predicted molar refractivity (Wildman–Crippen MR) is 133 cm³/mol. The van der Waals surface area contributed by atoms with E-state index >= 15 is 0 Å². The third-order valence-corrected chi connectivity index (χ3v) is 6.88. The molecule has 0 aromatic rings. The number of nitrogens with zero attached hydrogens (tertiary/aromatic N) is 1. The van der Waals surface area contributed by atoms with Gasteiger partial charge >= 0.3 is 0 Å². The van der Waals surface area contributed by atoms with Gasteiger partial charge in [-0.25, -0.2) is 0 Å². The molecule has 0 N–H and O–H groups in total. The van der Waals surface area contributed by atoms with E-state index in [1.807, 2.05) is 14.0 Å². The van der Waals surface area contributed by atoms with Crippen molar-refractivity contribution < 1.29 is 4.74 Å². The van der Waals surface area contributed by atoms with Crippen LogP contribution in [0, 0.1) is 16.7 Å². The predicted octanol–water partition coefficient (Wildman–Crippen LogP) is 9.60. The van der Waals surface area contributed by atoms with Crippen molar-refractivity contribution in [2.24, 2.45) is 17.0 Å². The first-order valence-electron chi connectivity index (χ1n) is 12.8. The summed E-state index contributed by atoms with van der Waals surface area (Å²) in [6.45, 7) is 13.4. The minimum Gasteiger partial charge on any atom is -0.379 e. The van der Waals surface area contributed by atoms with Crippen LogP contribution >= 0.6 is 0 Å². The Morgan fingerprint density at radius 2 is 1.43 bits per heavy atom. The largest absolute Gasteiger partial charge is 0.379 e. The van der Waals surface area contributed by atoms with Gasteiger partial charge in [-0.2, -0.15) is 0 Å². The first-order chi connectivity index (χ1) is 14.3. The Labute approximate surface area is 188 Å². The summed E-state index contributed by atoms with van der Waals surface area (Å²) in [4.78, 5) is 11.0. The van der Waals surface area contributed by atoms with Crippen molar-refractivity contribution in [1.29, 1.82) is 0 Å². The minimum absolute atomic E-state index is 0.0246. The quantitative estimate of drug-likeness (QED) is 0.144. The van der Waals surface area contributed by atoms with Crippen LogP contribution in [-0.4, -0.2) is 12.7 Å². The van der Waals surface area contributed by atoms with E-state index in [1.54, 1.807) is 0 Å². The highest BCUT2D eigenvalue weighted by Crippen LogP contribution is 2.27. The van der Waals surface area contributed by atoms with Crippen molar-refractivity contribution in [3.05, 3.63) is 16.2 Å². The molecule has 0 unspecified atom stereocenters. The Kier molecular flexibility index (Phi) is 17.5. The molecule has 2 atom stereocenters. The lowest BCUT2D eigenvalue weighted by atomic mass is 9.90. The van der Waals surface area contributed by atoms with Crippen molar-refractivity contribution in [3.63, 3.8) is 0 Å². The Bertz CT molecular complexity index is 458. The van der Waals surface area contributed by atoms with Crippen LogP contribution in [0.1, 0.15) is 138 Å². The standard InChI is InChI=1S/C27H53NO2/c1-8-25(5)26(28-29)20-13-15-22-27(6,30-7)21-14-11-9-10-12-18-24(4)19-16-17-23(2)3/h23-24H,8-22H2,1-7H3/b26-25+/t24-,27+/m0/s1. The van der Waals surface area contributed by atoms with Crippen LogP contribution in [-0.2, 0) is 4.74 Å². The molecule has 0 spiro atoms. The summed E-state index contributed by atoms with van der Waals surface area (Å²) in [6, 6.07) is 0. The fourth-order valence-corrected chi connectivity index (χ4v) is 4.20. The normalized spacial score (nSPS) is 15.7. The number of unbranched alkanes of at least 4 members (excludes halogenated alkanes) is 5. The molecule has 0 fully saturated rings. The highest BCUT2D eigenvalue weighted by Gasteiger charge is 2.22. The zero-order chi connectivity index (χ0) is 22.8. The topological polar surface area (TPSA) is 38.7 Å². The molecule has 3 nitrogen and oxygen atoms in total. The maximum absolute atomic E-state index is 11.0. The Balaban J connectivity index is 3.86. The number of hydrogen-bond donors (Lipinski definition) is 0. The van der Waals surface area contributed by atoms with Crippen molar-refractivity contribution >= 4 is 0 Å². The molecular weight excluding hydrogens is 370 g/mol. The van der Waals surface area contributed by atoms with Crippen LogP contribution in [0.3, 0.4) is 0 Å². The van der Waals surface area contributed by atoms with E-state index in [9.17, 15) is 4.91 Å². The fraction of sp³-hybridized carbons (Fsp3) is 0.926. The molecule has 0 aromatic carbocycles. The number of rotatable bonds is 20. The van der Waals surface area contributed by atoms with Crippen LogP contribution in [0.25, 0.3) is 0 Å². The summed E-state index contributed by atoms with van der Waals surface area (Å²) in [7, 11) is 1.85.